The third kappa shape index (κ3) is 3.93. The smallest absolute Gasteiger partial charge is 0.366 e. The predicted octanol–water partition coefficient (Wildman–Crippen LogP) is 4.33. The third-order valence-corrected chi connectivity index (χ3v) is 4.60. The summed E-state index contributed by atoms with van der Waals surface area (Å²) in [6.45, 7) is 6.39. The lowest BCUT2D eigenvalue weighted by molar-refractivity contribution is 0.0730. The summed E-state index contributed by atoms with van der Waals surface area (Å²) in [4.78, 5) is 16.9. The van der Waals surface area contributed by atoms with Gasteiger partial charge < -0.3 is 10.5 Å². The van der Waals surface area contributed by atoms with E-state index in [9.17, 15) is 4.79 Å². The largest absolute Gasteiger partial charge is 0.422 e. The van der Waals surface area contributed by atoms with Crippen LogP contribution in [-0.4, -0.2) is 21.8 Å². The molecule has 0 atom stereocenters. The number of hydrogen-bond donors (Lipinski definition) is 1. The molecule has 0 unspecified atom stereocenters. The monoisotopic (exact) mass is 347 g/mol. The Balaban J connectivity index is 2.34. The molecule has 6 heteroatoms. The highest BCUT2D eigenvalue weighted by Gasteiger charge is 2.30. The summed E-state index contributed by atoms with van der Waals surface area (Å²) in [5.74, 6) is 0.313. The van der Waals surface area contributed by atoms with Crippen molar-refractivity contribution in [1.82, 2.24) is 9.55 Å². The maximum Gasteiger partial charge on any atom is 0.366 e. The van der Waals surface area contributed by atoms with Gasteiger partial charge in [-0.2, -0.15) is 0 Å². The molecule has 2 N–H and O–H groups in total. The van der Waals surface area contributed by atoms with Crippen molar-refractivity contribution < 1.29 is 9.53 Å². The van der Waals surface area contributed by atoms with E-state index in [1.54, 1.807) is 12.1 Å². The molecule has 1 aromatic carbocycles. The number of thioether (sulfide) groups is 1. The molecule has 130 valence electrons. The summed E-state index contributed by atoms with van der Waals surface area (Å²) in [5, 5.41) is 0.730. The molecule has 0 aliphatic rings. The summed E-state index contributed by atoms with van der Waals surface area (Å²) >= 11 is 1.48. The fourth-order valence-electron chi connectivity index (χ4n) is 2.65. The number of rotatable bonds is 7. The second-order valence-electron chi connectivity index (χ2n) is 6.29. The maximum atomic E-state index is 12.5. The van der Waals surface area contributed by atoms with Crippen LogP contribution in [-0.2, 0) is 5.54 Å². The van der Waals surface area contributed by atoms with Crippen LogP contribution in [0.25, 0.3) is 0 Å². The van der Waals surface area contributed by atoms with Crippen LogP contribution in [0.4, 0.5) is 5.82 Å². The number of imidazole rings is 1. The van der Waals surface area contributed by atoms with Crippen LogP contribution in [0, 0.1) is 0 Å². The number of nitrogens with two attached hydrogens (primary N) is 1. The van der Waals surface area contributed by atoms with Gasteiger partial charge >= 0.3 is 5.97 Å². The molecule has 2 aromatic rings. The Morgan fingerprint density at radius 2 is 2.00 bits per heavy atom. The summed E-state index contributed by atoms with van der Waals surface area (Å²) in [7, 11) is 0. The molecular formula is C18H25N3O2S. The number of benzene rings is 1. The maximum absolute atomic E-state index is 12.5. The van der Waals surface area contributed by atoms with Crippen molar-refractivity contribution in [1.29, 1.82) is 0 Å². The zero-order chi connectivity index (χ0) is 17.7. The lowest BCUT2D eigenvalue weighted by Gasteiger charge is -2.29. The first-order valence-corrected chi connectivity index (χ1v) is 9.33. The minimum atomic E-state index is -0.529. The second kappa shape index (κ2) is 7.75. The Labute approximate surface area is 147 Å². The molecule has 0 bridgehead atoms. The standard InChI is InChI=1S/C18H25N3O2S/c1-5-6-12-18(2,3)21-15(19)14(20-17(21)24-4)16(22)23-13-10-8-7-9-11-13/h7-11H,5-6,12,19H2,1-4H3. The van der Waals surface area contributed by atoms with Crippen molar-refractivity contribution in [2.45, 2.75) is 50.7 Å². The lowest BCUT2D eigenvalue weighted by Crippen LogP contribution is -2.28. The van der Waals surface area contributed by atoms with Gasteiger partial charge in [-0.15, -0.1) is 0 Å². The molecule has 24 heavy (non-hydrogen) atoms. The number of unbranched alkanes of at least 4 members (excludes halogenated alkanes) is 1. The Morgan fingerprint density at radius 1 is 1.33 bits per heavy atom. The highest BCUT2D eigenvalue weighted by molar-refractivity contribution is 7.98. The lowest BCUT2D eigenvalue weighted by atomic mass is 9.97. The summed E-state index contributed by atoms with van der Waals surface area (Å²) < 4.78 is 7.34. The quantitative estimate of drug-likeness (QED) is 0.458. The average Bonchev–Trinajstić information content (AvgIpc) is 2.91. The fourth-order valence-corrected chi connectivity index (χ4v) is 3.36. The number of nitrogens with zero attached hydrogens (tertiary/aromatic N) is 2. The van der Waals surface area contributed by atoms with Crippen LogP contribution in [0.5, 0.6) is 5.75 Å². The zero-order valence-electron chi connectivity index (χ0n) is 14.7. The molecule has 0 aliphatic heterocycles. The van der Waals surface area contributed by atoms with E-state index in [1.807, 2.05) is 29.0 Å². The summed E-state index contributed by atoms with van der Waals surface area (Å²) in [6.07, 6.45) is 5.09. The molecule has 2 rings (SSSR count). The number of carbonyl (C=O) groups is 1. The van der Waals surface area contributed by atoms with Gasteiger partial charge in [0, 0.05) is 5.54 Å². The molecule has 1 heterocycles. The van der Waals surface area contributed by atoms with E-state index in [0.717, 1.165) is 24.4 Å². The van der Waals surface area contributed by atoms with E-state index in [2.05, 4.69) is 25.8 Å². The number of esters is 1. The molecule has 0 amide bonds. The highest BCUT2D eigenvalue weighted by atomic mass is 32.2. The van der Waals surface area contributed by atoms with Crippen molar-refractivity contribution in [3.05, 3.63) is 36.0 Å². The Bertz CT molecular complexity index is 696. The topological polar surface area (TPSA) is 70.1 Å². The second-order valence-corrected chi connectivity index (χ2v) is 7.06. The van der Waals surface area contributed by atoms with Gasteiger partial charge in [0.15, 0.2) is 10.9 Å². The number of anilines is 1. The molecule has 0 aliphatic carbocycles. The van der Waals surface area contributed by atoms with E-state index in [-0.39, 0.29) is 11.2 Å². The van der Waals surface area contributed by atoms with E-state index >= 15 is 0 Å². The molecule has 0 radical (unpaired) electrons. The molecule has 0 saturated carbocycles. The van der Waals surface area contributed by atoms with E-state index < -0.39 is 5.97 Å². The van der Waals surface area contributed by atoms with Crippen LogP contribution in [0.15, 0.2) is 35.5 Å². The SMILES string of the molecule is CCCCC(C)(C)n1c(SC)nc(C(=O)Oc2ccccc2)c1N. The van der Waals surface area contributed by atoms with Crippen molar-refractivity contribution in [2.24, 2.45) is 0 Å². The highest BCUT2D eigenvalue weighted by Crippen LogP contribution is 2.33. The average molecular weight is 347 g/mol. The number of aromatic nitrogens is 2. The van der Waals surface area contributed by atoms with Crippen molar-refractivity contribution >= 4 is 23.5 Å². The predicted molar refractivity (Wildman–Crippen MR) is 98.7 cm³/mol. The third-order valence-electron chi connectivity index (χ3n) is 3.96. The molecule has 1 aromatic heterocycles. The van der Waals surface area contributed by atoms with Crippen LogP contribution in [0.2, 0.25) is 0 Å². The van der Waals surface area contributed by atoms with Gasteiger partial charge in [-0.05, 0) is 38.7 Å². The van der Waals surface area contributed by atoms with Gasteiger partial charge in [-0.25, -0.2) is 9.78 Å². The minimum Gasteiger partial charge on any atom is -0.422 e. The van der Waals surface area contributed by atoms with Crippen LogP contribution in [0.3, 0.4) is 0 Å². The van der Waals surface area contributed by atoms with Crippen LogP contribution >= 0.6 is 11.8 Å². The number of hydrogen-bond acceptors (Lipinski definition) is 5. The fraction of sp³-hybridized carbons (Fsp3) is 0.444. The van der Waals surface area contributed by atoms with Crippen molar-refractivity contribution in [3.8, 4) is 5.75 Å². The number of ether oxygens (including phenoxy) is 1. The molecule has 0 fully saturated rings. The van der Waals surface area contributed by atoms with Crippen LogP contribution < -0.4 is 10.5 Å². The normalized spacial score (nSPS) is 11.5. The van der Waals surface area contributed by atoms with Gasteiger partial charge in [-0.3, -0.25) is 4.57 Å². The molecule has 5 nitrogen and oxygen atoms in total. The molecule has 0 saturated heterocycles. The number of nitrogen functional groups attached to an aromatic ring is 1. The van der Waals surface area contributed by atoms with E-state index in [1.165, 1.54) is 11.8 Å². The van der Waals surface area contributed by atoms with Crippen LogP contribution in [0.1, 0.15) is 50.5 Å². The molecule has 0 spiro atoms. The first kappa shape index (κ1) is 18.4. The van der Waals surface area contributed by atoms with Crippen molar-refractivity contribution in [2.75, 3.05) is 12.0 Å². The van der Waals surface area contributed by atoms with Gasteiger partial charge in [0.05, 0.1) is 0 Å². The van der Waals surface area contributed by atoms with Crippen molar-refractivity contribution in [3.63, 3.8) is 0 Å². The van der Waals surface area contributed by atoms with Gasteiger partial charge in [0.25, 0.3) is 0 Å². The Kier molecular flexibility index (Phi) is 5.94. The minimum absolute atomic E-state index is 0.174. The van der Waals surface area contributed by atoms with Gasteiger partial charge in [0.1, 0.15) is 11.6 Å². The first-order chi connectivity index (χ1) is 11.4. The number of para-hydroxylation sites is 1. The zero-order valence-corrected chi connectivity index (χ0v) is 15.5. The van der Waals surface area contributed by atoms with E-state index in [4.69, 9.17) is 10.5 Å². The Morgan fingerprint density at radius 3 is 2.58 bits per heavy atom. The van der Waals surface area contributed by atoms with E-state index in [0.29, 0.717) is 11.6 Å². The van der Waals surface area contributed by atoms with Gasteiger partial charge in [-0.1, -0.05) is 49.7 Å². The molecular weight excluding hydrogens is 322 g/mol. The van der Waals surface area contributed by atoms with Gasteiger partial charge in [0.2, 0.25) is 0 Å². The summed E-state index contributed by atoms with van der Waals surface area (Å²) in [6, 6.07) is 8.94. The first-order valence-electron chi connectivity index (χ1n) is 8.10. The Hall–Kier alpha value is -1.95. The number of carbonyl (C=O) groups excluding carboxylic acids is 1. The summed E-state index contributed by atoms with van der Waals surface area (Å²) in [5.41, 5.74) is 6.24.